The van der Waals surface area contributed by atoms with E-state index in [-0.39, 0.29) is 13.2 Å². The summed E-state index contributed by atoms with van der Waals surface area (Å²) in [4.78, 5) is 37.3. The molecule has 1 rings (SSSR count). The molecule has 0 saturated carbocycles. The molecule has 29 heavy (non-hydrogen) atoms. The van der Waals surface area contributed by atoms with Crippen LogP contribution >= 0.6 is 0 Å². The van der Waals surface area contributed by atoms with Crippen LogP contribution in [0.4, 0.5) is 9.59 Å². The molecular weight excluding hydrogens is 378 g/mol. The Morgan fingerprint density at radius 1 is 1.07 bits per heavy atom. The van der Waals surface area contributed by atoms with E-state index < -0.39 is 35.7 Å². The molecule has 9 nitrogen and oxygen atoms in total. The highest BCUT2D eigenvalue weighted by Crippen LogP contribution is 2.32. The molecule has 0 aliphatic heterocycles. The summed E-state index contributed by atoms with van der Waals surface area (Å²) in [7, 11) is 0. The van der Waals surface area contributed by atoms with E-state index in [4.69, 9.17) is 14.2 Å². The molecule has 0 aliphatic carbocycles. The van der Waals surface area contributed by atoms with Crippen LogP contribution in [0.25, 0.3) is 0 Å². The van der Waals surface area contributed by atoms with Gasteiger partial charge in [0.1, 0.15) is 5.60 Å². The van der Waals surface area contributed by atoms with Crippen LogP contribution < -0.4 is 5.43 Å². The van der Waals surface area contributed by atoms with Crippen molar-refractivity contribution >= 4 is 18.2 Å². The van der Waals surface area contributed by atoms with Crippen molar-refractivity contribution in [2.24, 2.45) is 0 Å². The summed E-state index contributed by atoms with van der Waals surface area (Å²) >= 11 is 0. The van der Waals surface area contributed by atoms with Crippen molar-refractivity contribution < 1.29 is 28.6 Å². The Hall–Kier alpha value is -3.28. The zero-order valence-corrected chi connectivity index (χ0v) is 17.4. The van der Waals surface area contributed by atoms with Crippen LogP contribution in [0.2, 0.25) is 0 Å². The van der Waals surface area contributed by atoms with Gasteiger partial charge in [-0.25, -0.2) is 15.0 Å². The maximum Gasteiger partial charge on any atom is 0.430 e. The fourth-order valence-corrected chi connectivity index (χ4v) is 2.50. The molecule has 1 unspecified atom stereocenters. The first-order chi connectivity index (χ1) is 13.6. The number of benzene rings is 1. The lowest BCUT2D eigenvalue weighted by Crippen LogP contribution is -2.59. The fourth-order valence-electron chi connectivity index (χ4n) is 2.50. The van der Waals surface area contributed by atoms with E-state index in [1.165, 1.54) is 0 Å². The molecule has 0 spiro atoms. The van der Waals surface area contributed by atoms with Gasteiger partial charge in [-0.3, -0.25) is 4.79 Å². The van der Waals surface area contributed by atoms with E-state index in [1.54, 1.807) is 65.0 Å². The minimum atomic E-state index is -1.93. The summed E-state index contributed by atoms with van der Waals surface area (Å²) in [5.41, 5.74) is -0.217. The number of hydrazine groups is 1. The monoisotopic (exact) mass is 405 g/mol. The zero-order valence-electron chi connectivity index (χ0n) is 17.4. The minimum absolute atomic E-state index is 0.0113. The molecule has 1 aromatic carbocycles. The number of nitriles is 1. The predicted molar refractivity (Wildman–Crippen MR) is 103 cm³/mol. The van der Waals surface area contributed by atoms with Gasteiger partial charge in [0.15, 0.2) is 5.54 Å². The van der Waals surface area contributed by atoms with Crippen LogP contribution in [0, 0.1) is 11.3 Å². The summed E-state index contributed by atoms with van der Waals surface area (Å²) in [5.74, 6) is -0.733. The average Bonchev–Trinajstić information content (AvgIpc) is 2.64. The largest absolute Gasteiger partial charge is 0.460 e. The number of nitrogens with one attached hydrogen (secondary N) is 1. The Bertz CT molecular complexity index is 754. The van der Waals surface area contributed by atoms with Gasteiger partial charge in [0.25, 0.3) is 0 Å². The molecule has 0 saturated heterocycles. The Labute approximate surface area is 170 Å². The normalized spacial score (nSPS) is 12.7. The molecule has 0 fully saturated rings. The number of hydrogen-bond donors (Lipinski definition) is 1. The smallest absolute Gasteiger partial charge is 0.430 e. The Kier molecular flexibility index (Phi) is 8.45. The highest BCUT2D eigenvalue weighted by atomic mass is 16.6. The van der Waals surface area contributed by atoms with Crippen LogP contribution in [0.1, 0.15) is 46.6 Å². The van der Waals surface area contributed by atoms with Crippen LogP contribution in [0.15, 0.2) is 30.3 Å². The summed E-state index contributed by atoms with van der Waals surface area (Å²) in [6, 6.07) is 10.1. The summed E-state index contributed by atoms with van der Waals surface area (Å²) in [6.07, 6.45) is -2.54. The molecular formula is C20H27N3O6. The van der Waals surface area contributed by atoms with Gasteiger partial charge in [0, 0.05) is 0 Å². The molecule has 158 valence electrons. The van der Waals surface area contributed by atoms with E-state index >= 15 is 0 Å². The molecule has 0 radical (unpaired) electrons. The van der Waals surface area contributed by atoms with E-state index in [2.05, 4.69) is 5.43 Å². The highest BCUT2D eigenvalue weighted by Gasteiger charge is 2.47. The van der Waals surface area contributed by atoms with Gasteiger partial charge in [0.05, 0.1) is 25.7 Å². The summed E-state index contributed by atoms with van der Waals surface area (Å²) in [6.45, 7) is 8.24. The Morgan fingerprint density at radius 2 is 1.66 bits per heavy atom. The number of carbonyl (C=O) groups excluding carboxylic acids is 3. The number of amides is 2. The third-order valence-electron chi connectivity index (χ3n) is 3.57. The molecule has 1 N–H and O–H groups in total. The lowest BCUT2D eigenvalue weighted by Gasteiger charge is -2.37. The quantitative estimate of drug-likeness (QED) is 0.438. The molecule has 2 amide bonds. The Morgan fingerprint density at radius 3 is 2.14 bits per heavy atom. The first-order valence-corrected chi connectivity index (χ1v) is 9.18. The molecule has 0 aliphatic rings. The van der Waals surface area contributed by atoms with Crippen molar-refractivity contribution in [3.05, 3.63) is 35.9 Å². The van der Waals surface area contributed by atoms with Gasteiger partial charge in [-0.05, 0) is 40.2 Å². The van der Waals surface area contributed by atoms with Crippen LogP contribution in [-0.2, 0) is 24.5 Å². The van der Waals surface area contributed by atoms with Crippen molar-refractivity contribution in [2.45, 2.75) is 52.2 Å². The number of carbonyl (C=O) groups is 3. The summed E-state index contributed by atoms with van der Waals surface area (Å²) in [5, 5.41) is 10.8. The Balaban J connectivity index is 3.50. The number of ether oxygens (including phenoxy) is 3. The van der Waals surface area contributed by atoms with Crippen molar-refractivity contribution in [3.8, 4) is 6.07 Å². The van der Waals surface area contributed by atoms with Gasteiger partial charge in [-0.2, -0.15) is 10.3 Å². The number of hydrogen-bond acceptors (Lipinski definition) is 7. The van der Waals surface area contributed by atoms with Gasteiger partial charge in [-0.15, -0.1) is 0 Å². The number of rotatable bonds is 6. The highest BCUT2D eigenvalue weighted by molar-refractivity contribution is 5.79. The maximum atomic E-state index is 12.7. The van der Waals surface area contributed by atoms with E-state index in [0.717, 1.165) is 0 Å². The lowest BCUT2D eigenvalue weighted by molar-refractivity contribution is -0.157. The van der Waals surface area contributed by atoms with Crippen molar-refractivity contribution in [1.82, 2.24) is 10.4 Å². The second-order valence-electron chi connectivity index (χ2n) is 6.97. The standard InChI is InChI=1S/C20H27N3O6/c1-6-27-17(25)22-23(18(26)28-7-2)20(14-21,15-11-9-8-10-12-15)13-16(24)29-19(3,4)5/h8-12H,6-7,13H2,1-5H3,(H,22,25). The van der Waals surface area contributed by atoms with Gasteiger partial charge in [-0.1, -0.05) is 30.3 Å². The number of nitrogens with zero attached hydrogens (tertiary/aromatic N) is 2. The van der Waals surface area contributed by atoms with Crippen molar-refractivity contribution in [2.75, 3.05) is 13.2 Å². The molecule has 0 aromatic heterocycles. The topological polar surface area (TPSA) is 118 Å². The molecule has 0 heterocycles. The third-order valence-corrected chi connectivity index (χ3v) is 3.57. The predicted octanol–water partition coefficient (Wildman–Crippen LogP) is 3.26. The van der Waals surface area contributed by atoms with E-state index in [9.17, 15) is 19.6 Å². The second-order valence-corrected chi connectivity index (χ2v) is 6.97. The minimum Gasteiger partial charge on any atom is -0.460 e. The first kappa shape index (κ1) is 23.8. The zero-order chi connectivity index (χ0) is 22.1. The third kappa shape index (κ3) is 6.68. The maximum absolute atomic E-state index is 12.7. The fraction of sp³-hybridized carbons (Fsp3) is 0.500. The van der Waals surface area contributed by atoms with E-state index in [1.807, 2.05) is 6.07 Å². The van der Waals surface area contributed by atoms with Gasteiger partial charge < -0.3 is 14.2 Å². The lowest BCUT2D eigenvalue weighted by atomic mass is 9.87. The molecule has 1 atom stereocenters. The van der Waals surface area contributed by atoms with Crippen molar-refractivity contribution in [3.63, 3.8) is 0 Å². The van der Waals surface area contributed by atoms with Crippen LogP contribution in [0.3, 0.4) is 0 Å². The average molecular weight is 405 g/mol. The van der Waals surface area contributed by atoms with Crippen LogP contribution in [0.5, 0.6) is 0 Å². The van der Waals surface area contributed by atoms with E-state index in [0.29, 0.717) is 10.6 Å². The van der Waals surface area contributed by atoms with Gasteiger partial charge in [0.2, 0.25) is 0 Å². The second kappa shape index (κ2) is 10.3. The first-order valence-electron chi connectivity index (χ1n) is 9.18. The molecule has 1 aromatic rings. The molecule has 9 heteroatoms. The summed E-state index contributed by atoms with van der Waals surface area (Å²) < 4.78 is 15.2. The van der Waals surface area contributed by atoms with Gasteiger partial charge >= 0.3 is 18.2 Å². The number of esters is 1. The van der Waals surface area contributed by atoms with Crippen molar-refractivity contribution in [1.29, 1.82) is 5.26 Å². The SMILES string of the molecule is CCOC(=O)NN(C(=O)OCC)C(C#N)(CC(=O)OC(C)(C)C)c1ccccc1. The molecule has 0 bridgehead atoms. The van der Waals surface area contributed by atoms with Crippen LogP contribution in [-0.4, -0.2) is 42.0 Å².